The molecule has 1 aliphatic heterocycles. The highest BCUT2D eigenvalue weighted by atomic mass is 16.5. The number of rotatable bonds is 4. The molecule has 3 aliphatic carbocycles. The van der Waals surface area contributed by atoms with Crippen LogP contribution in [0.3, 0.4) is 0 Å². The molecule has 2 fully saturated rings. The van der Waals surface area contributed by atoms with Crippen LogP contribution in [0.1, 0.15) is 19.3 Å². The first kappa shape index (κ1) is 19.2. The number of amides is 1. The lowest BCUT2D eigenvalue weighted by atomic mass is 9.68. The Kier molecular flexibility index (Phi) is 4.97. The summed E-state index contributed by atoms with van der Waals surface area (Å²) in [5.41, 5.74) is 0.821. The Hall–Kier alpha value is -2.83. The molecule has 1 aromatic heterocycles. The van der Waals surface area contributed by atoms with Crippen LogP contribution in [0.2, 0.25) is 0 Å². The zero-order valence-corrected chi connectivity index (χ0v) is 17.6. The topological polar surface area (TPSA) is 67.8 Å². The third kappa shape index (κ3) is 3.36. The second kappa shape index (κ2) is 7.78. The number of carbonyl (C=O) groups is 1. The average Bonchev–Trinajstić information content (AvgIpc) is 2.83. The molecular formula is C23H28N4O3. The highest BCUT2D eigenvalue weighted by Gasteiger charge is 2.39. The Morgan fingerprint density at radius 3 is 2.43 bits per heavy atom. The standard InChI is InChI=1S/C23H28N4O3/c1-29-20-12-17-14-24-23(25-19(17)13-21(20)30-2)27-9-7-26(8-10-27)22(28)18-11-15-3-5-16(18)6-4-15/h3,5,12-16,18H,4,6-11H2,1-2H3. The second-order valence-electron chi connectivity index (χ2n) is 8.48. The van der Waals surface area contributed by atoms with Crippen LogP contribution in [0.4, 0.5) is 5.95 Å². The Balaban J connectivity index is 1.27. The number of hydrogen-bond acceptors (Lipinski definition) is 6. The fraction of sp³-hybridized carbons (Fsp3) is 0.522. The number of fused-ring (bicyclic) bond motifs is 3. The second-order valence-corrected chi connectivity index (χ2v) is 8.48. The van der Waals surface area contributed by atoms with E-state index < -0.39 is 0 Å². The Bertz CT molecular complexity index is 984. The summed E-state index contributed by atoms with van der Waals surface area (Å²) in [7, 11) is 3.24. The SMILES string of the molecule is COc1cc2cnc(N3CCN(C(=O)C4CC5C=CC4CC5)CC3)nc2cc1OC. The van der Waals surface area contributed by atoms with Crippen LogP contribution in [0.25, 0.3) is 10.9 Å². The monoisotopic (exact) mass is 408 g/mol. The molecule has 6 rings (SSSR count). The van der Waals surface area contributed by atoms with Crippen LogP contribution in [-0.2, 0) is 4.79 Å². The third-order valence-electron chi connectivity index (χ3n) is 6.84. The molecule has 1 saturated carbocycles. The summed E-state index contributed by atoms with van der Waals surface area (Å²) in [5, 5.41) is 0.908. The predicted molar refractivity (Wildman–Crippen MR) is 115 cm³/mol. The van der Waals surface area contributed by atoms with Crippen LogP contribution in [0.15, 0.2) is 30.5 Å². The smallest absolute Gasteiger partial charge is 0.226 e. The number of carbonyl (C=O) groups excluding carboxylic acids is 1. The van der Waals surface area contributed by atoms with Crippen molar-refractivity contribution in [2.75, 3.05) is 45.3 Å². The van der Waals surface area contributed by atoms with E-state index in [1.54, 1.807) is 14.2 Å². The van der Waals surface area contributed by atoms with Gasteiger partial charge in [-0.1, -0.05) is 12.2 Å². The van der Waals surface area contributed by atoms with E-state index >= 15 is 0 Å². The maximum atomic E-state index is 13.1. The third-order valence-corrected chi connectivity index (χ3v) is 6.84. The van der Waals surface area contributed by atoms with Gasteiger partial charge in [-0.3, -0.25) is 4.79 Å². The first-order valence-electron chi connectivity index (χ1n) is 10.8. The molecule has 4 aliphatic rings. The van der Waals surface area contributed by atoms with E-state index in [9.17, 15) is 4.79 Å². The van der Waals surface area contributed by atoms with Crippen molar-refractivity contribution in [3.8, 4) is 11.5 Å². The molecule has 1 aromatic carbocycles. The molecule has 7 nitrogen and oxygen atoms in total. The van der Waals surface area contributed by atoms with Gasteiger partial charge in [0, 0.05) is 49.7 Å². The van der Waals surface area contributed by atoms with Gasteiger partial charge in [-0.15, -0.1) is 0 Å². The maximum absolute atomic E-state index is 13.1. The fourth-order valence-corrected chi connectivity index (χ4v) is 5.08. The Morgan fingerprint density at radius 1 is 1.03 bits per heavy atom. The zero-order chi connectivity index (χ0) is 20.7. The number of aromatic nitrogens is 2. The molecule has 0 spiro atoms. The predicted octanol–water partition coefficient (Wildman–Crippen LogP) is 2.90. The summed E-state index contributed by atoms with van der Waals surface area (Å²) in [6.45, 7) is 2.95. The number of methoxy groups -OCH3 is 2. The van der Waals surface area contributed by atoms with Crippen LogP contribution in [-0.4, -0.2) is 61.2 Å². The number of anilines is 1. The van der Waals surface area contributed by atoms with Crippen molar-refractivity contribution >= 4 is 22.8 Å². The molecule has 1 amide bonds. The van der Waals surface area contributed by atoms with Crippen molar-refractivity contribution in [3.63, 3.8) is 0 Å². The van der Waals surface area contributed by atoms with Crippen LogP contribution in [0, 0.1) is 17.8 Å². The van der Waals surface area contributed by atoms with E-state index in [0.29, 0.717) is 35.2 Å². The molecule has 2 aromatic rings. The van der Waals surface area contributed by atoms with E-state index in [0.717, 1.165) is 49.9 Å². The van der Waals surface area contributed by atoms with Gasteiger partial charge in [0.1, 0.15) is 0 Å². The summed E-state index contributed by atoms with van der Waals surface area (Å²) in [4.78, 5) is 26.6. The molecule has 3 atom stereocenters. The van der Waals surface area contributed by atoms with Gasteiger partial charge in [0.25, 0.3) is 0 Å². The largest absolute Gasteiger partial charge is 0.493 e. The molecule has 3 unspecified atom stereocenters. The van der Waals surface area contributed by atoms with E-state index in [4.69, 9.17) is 14.5 Å². The normalized spacial score (nSPS) is 25.6. The van der Waals surface area contributed by atoms with Crippen molar-refractivity contribution in [1.82, 2.24) is 14.9 Å². The van der Waals surface area contributed by atoms with Crippen molar-refractivity contribution < 1.29 is 14.3 Å². The molecule has 158 valence electrons. The summed E-state index contributed by atoms with van der Waals surface area (Å²) >= 11 is 0. The van der Waals surface area contributed by atoms with Gasteiger partial charge in [0.15, 0.2) is 11.5 Å². The number of hydrogen-bond donors (Lipinski definition) is 0. The van der Waals surface area contributed by atoms with E-state index in [2.05, 4.69) is 22.0 Å². The summed E-state index contributed by atoms with van der Waals surface area (Å²) in [6.07, 6.45) is 9.85. The quantitative estimate of drug-likeness (QED) is 0.725. The van der Waals surface area contributed by atoms with Crippen molar-refractivity contribution in [2.45, 2.75) is 19.3 Å². The summed E-state index contributed by atoms with van der Waals surface area (Å²) in [5.74, 6) is 3.58. The van der Waals surface area contributed by atoms with Gasteiger partial charge in [-0.2, -0.15) is 0 Å². The van der Waals surface area contributed by atoms with Crippen molar-refractivity contribution in [2.24, 2.45) is 17.8 Å². The average molecular weight is 409 g/mol. The number of piperazine rings is 1. The van der Waals surface area contributed by atoms with Gasteiger partial charge in [0.05, 0.1) is 19.7 Å². The zero-order valence-electron chi connectivity index (χ0n) is 17.6. The fourth-order valence-electron chi connectivity index (χ4n) is 5.08. The van der Waals surface area contributed by atoms with Crippen LogP contribution in [0.5, 0.6) is 11.5 Å². The van der Waals surface area contributed by atoms with Crippen LogP contribution >= 0.6 is 0 Å². The molecule has 2 bridgehead atoms. The molecular weight excluding hydrogens is 380 g/mol. The van der Waals surface area contributed by atoms with Gasteiger partial charge in [0.2, 0.25) is 11.9 Å². The summed E-state index contributed by atoms with van der Waals surface area (Å²) in [6, 6.07) is 3.77. The molecule has 2 heterocycles. The minimum Gasteiger partial charge on any atom is -0.493 e. The molecule has 0 radical (unpaired) electrons. The number of ether oxygens (including phenoxy) is 2. The Morgan fingerprint density at radius 2 is 1.80 bits per heavy atom. The van der Waals surface area contributed by atoms with Gasteiger partial charge < -0.3 is 19.3 Å². The minimum absolute atomic E-state index is 0.180. The first-order chi connectivity index (χ1) is 14.7. The Labute approximate surface area is 176 Å². The molecule has 7 heteroatoms. The summed E-state index contributed by atoms with van der Waals surface area (Å²) < 4.78 is 10.8. The lowest BCUT2D eigenvalue weighted by Crippen LogP contribution is -2.52. The molecule has 30 heavy (non-hydrogen) atoms. The van der Waals surface area contributed by atoms with Crippen molar-refractivity contribution in [3.05, 3.63) is 30.5 Å². The van der Waals surface area contributed by atoms with E-state index in [1.807, 2.05) is 23.2 Å². The number of nitrogens with zero attached hydrogens (tertiary/aromatic N) is 4. The molecule has 0 N–H and O–H groups in total. The van der Waals surface area contributed by atoms with Gasteiger partial charge in [-0.05, 0) is 37.2 Å². The van der Waals surface area contributed by atoms with Crippen molar-refractivity contribution in [1.29, 1.82) is 0 Å². The lowest BCUT2D eigenvalue weighted by Gasteiger charge is -2.42. The van der Waals surface area contributed by atoms with Crippen LogP contribution < -0.4 is 14.4 Å². The number of allylic oxidation sites excluding steroid dienone is 2. The number of benzene rings is 1. The van der Waals surface area contributed by atoms with E-state index in [-0.39, 0.29) is 5.92 Å². The maximum Gasteiger partial charge on any atom is 0.226 e. The highest BCUT2D eigenvalue weighted by Crippen LogP contribution is 2.41. The molecule has 1 saturated heterocycles. The minimum atomic E-state index is 0.180. The van der Waals surface area contributed by atoms with Gasteiger partial charge in [-0.25, -0.2) is 9.97 Å². The van der Waals surface area contributed by atoms with E-state index in [1.165, 1.54) is 6.42 Å². The highest BCUT2D eigenvalue weighted by molar-refractivity contribution is 5.83. The van der Waals surface area contributed by atoms with Gasteiger partial charge >= 0.3 is 0 Å². The first-order valence-corrected chi connectivity index (χ1v) is 10.8. The lowest BCUT2D eigenvalue weighted by molar-refractivity contribution is -0.138.